The molecule has 0 amide bonds. The lowest BCUT2D eigenvalue weighted by Gasteiger charge is -2.11. The normalized spacial score (nSPS) is 12.2. The van der Waals surface area contributed by atoms with Crippen molar-refractivity contribution >= 4 is 43.6 Å². The Hall–Kier alpha value is -6.78. The molecule has 0 N–H and O–H groups in total. The standard InChI is InChI=1S/C47H30N4/c1-2-13-35(14-3-1)50-42-19-8-6-17-38(42)40-27-30(21-23-44(40)50)31-22-24-45-41(28-31)39-18-7-9-20-43(39)51(45)36-15-10-12-33(26-36)47-48-29-34-25-32-11-4-5-16-37(32)46(34)49-47/h1-24,26-29H,25H2. The van der Waals surface area contributed by atoms with Gasteiger partial charge in [0.2, 0.25) is 0 Å². The number of benzene rings is 7. The first-order valence-electron chi connectivity index (χ1n) is 17.5. The van der Waals surface area contributed by atoms with Crippen molar-refractivity contribution in [2.75, 3.05) is 0 Å². The minimum Gasteiger partial charge on any atom is -0.309 e. The highest BCUT2D eigenvalue weighted by atomic mass is 15.0. The molecule has 0 spiro atoms. The van der Waals surface area contributed by atoms with Gasteiger partial charge in [0.05, 0.1) is 27.8 Å². The van der Waals surface area contributed by atoms with Gasteiger partial charge >= 0.3 is 0 Å². The van der Waals surface area contributed by atoms with Crippen molar-refractivity contribution in [3.63, 3.8) is 0 Å². The highest BCUT2D eigenvalue weighted by Gasteiger charge is 2.21. The number of aromatic nitrogens is 4. The topological polar surface area (TPSA) is 35.6 Å². The minimum atomic E-state index is 0.749. The van der Waals surface area contributed by atoms with Crippen LogP contribution in [0.15, 0.2) is 170 Å². The zero-order valence-corrected chi connectivity index (χ0v) is 27.7. The van der Waals surface area contributed by atoms with E-state index in [2.05, 4.69) is 173 Å². The van der Waals surface area contributed by atoms with E-state index in [9.17, 15) is 0 Å². The van der Waals surface area contributed by atoms with Crippen molar-refractivity contribution in [3.8, 4) is 45.1 Å². The van der Waals surface area contributed by atoms with Gasteiger partial charge in [-0.25, -0.2) is 9.97 Å². The molecule has 3 aromatic heterocycles. The van der Waals surface area contributed by atoms with E-state index in [1.54, 1.807) is 0 Å². The Morgan fingerprint density at radius 1 is 0.412 bits per heavy atom. The van der Waals surface area contributed by atoms with E-state index in [1.165, 1.54) is 77.1 Å². The number of para-hydroxylation sites is 3. The van der Waals surface area contributed by atoms with Gasteiger partial charge in [-0.15, -0.1) is 0 Å². The van der Waals surface area contributed by atoms with Crippen molar-refractivity contribution < 1.29 is 0 Å². The molecule has 0 aliphatic heterocycles. The molecule has 0 saturated carbocycles. The van der Waals surface area contributed by atoms with Gasteiger partial charge in [-0.1, -0.05) is 103 Å². The van der Waals surface area contributed by atoms with Gasteiger partial charge < -0.3 is 9.13 Å². The number of hydrogen-bond acceptors (Lipinski definition) is 2. The number of nitrogens with zero attached hydrogens (tertiary/aromatic N) is 4. The zero-order valence-electron chi connectivity index (χ0n) is 27.7. The Balaban J connectivity index is 1.04. The molecule has 0 radical (unpaired) electrons. The van der Waals surface area contributed by atoms with Crippen molar-refractivity contribution in [2.45, 2.75) is 6.42 Å². The molecule has 3 heterocycles. The van der Waals surface area contributed by atoms with Crippen LogP contribution in [0.5, 0.6) is 0 Å². The third-order valence-corrected chi connectivity index (χ3v) is 10.6. The van der Waals surface area contributed by atoms with Crippen LogP contribution in [0.25, 0.3) is 88.8 Å². The molecule has 1 aliphatic rings. The Labute approximate surface area is 294 Å². The molecule has 11 rings (SSSR count). The Morgan fingerprint density at radius 3 is 1.73 bits per heavy atom. The smallest absolute Gasteiger partial charge is 0.159 e. The fourth-order valence-corrected chi connectivity index (χ4v) is 8.24. The van der Waals surface area contributed by atoms with Crippen molar-refractivity contribution in [3.05, 3.63) is 181 Å². The first kappa shape index (κ1) is 28.1. The zero-order chi connectivity index (χ0) is 33.5. The van der Waals surface area contributed by atoms with E-state index >= 15 is 0 Å². The Bertz CT molecular complexity index is 3000. The molecule has 1 aliphatic carbocycles. The molecule has 0 bridgehead atoms. The van der Waals surface area contributed by atoms with E-state index in [-0.39, 0.29) is 0 Å². The summed E-state index contributed by atoms with van der Waals surface area (Å²) < 4.78 is 4.74. The molecular formula is C47H30N4. The lowest BCUT2D eigenvalue weighted by Crippen LogP contribution is -1.97. The highest BCUT2D eigenvalue weighted by molar-refractivity contribution is 6.12. The number of fused-ring (bicyclic) bond motifs is 9. The number of rotatable bonds is 4. The van der Waals surface area contributed by atoms with Gasteiger partial charge in [0.1, 0.15) is 0 Å². The second-order valence-electron chi connectivity index (χ2n) is 13.5. The molecule has 10 aromatic rings. The summed E-state index contributed by atoms with van der Waals surface area (Å²) >= 11 is 0. The van der Waals surface area contributed by atoms with Gasteiger partial charge in [-0.2, -0.15) is 0 Å². The summed E-state index contributed by atoms with van der Waals surface area (Å²) in [6.45, 7) is 0. The predicted octanol–water partition coefficient (Wildman–Crippen LogP) is 11.6. The van der Waals surface area contributed by atoms with Crippen LogP contribution >= 0.6 is 0 Å². The average molecular weight is 651 g/mol. The third-order valence-electron chi connectivity index (χ3n) is 10.6. The summed E-state index contributed by atoms with van der Waals surface area (Å²) in [4.78, 5) is 9.93. The second kappa shape index (κ2) is 10.9. The molecule has 51 heavy (non-hydrogen) atoms. The summed E-state index contributed by atoms with van der Waals surface area (Å²) in [6, 6.07) is 59.0. The largest absolute Gasteiger partial charge is 0.309 e. The summed E-state index contributed by atoms with van der Waals surface area (Å²) in [6.07, 6.45) is 2.89. The van der Waals surface area contributed by atoms with Gasteiger partial charge in [-0.3, -0.25) is 0 Å². The second-order valence-corrected chi connectivity index (χ2v) is 13.5. The summed E-state index contributed by atoms with van der Waals surface area (Å²) in [5.74, 6) is 0.749. The molecule has 0 atom stereocenters. The Kier molecular flexibility index (Phi) is 5.98. The van der Waals surface area contributed by atoms with E-state index in [1.807, 2.05) is 6.20 Å². The Morgan fingerprint density at radius 2 is 1.00 bits per heavy atom. The highest BCUT2D eigenvalue weighted by Crippen LogP contribution is 2.39. The van der Waals surface area contributed by atoms with E-state index < -0.39 is 0 Å². The van der Waals surface area contributed by atoms with Crippen molar-refractivity contribution in [1.29, 1.82) is 0 Å². The molecule has 4 nitrogen and oxygen atoms in total. The van der Waals surface area contributed by atoms with Gasteiger partial charge in [-0.05, 0) is 77.4 Å². The van der Waals surface area contributed by atoms with Gasteiger partial charge in [0.25, 0.3) is 0 Å². The van der Waals surface area contributed by atoms with E-state index in [0.717, 1.165) is 29.2 Å². The number of hydrogen-bond donors (Lipinski definition) is 0. The first-order valence-corrected chi connectivity index (χ1v) is 17.5. The van der Waals surface area contributed by atoms with Crippen LogP contribution < -0.4 is 0 Å². The van der Waals surface area contributed by atoms with Crippen molar-refractivity contribution in [2.24, 2.45) is 0 Å². The summed E-state index contributed by atoms with van der Waals surface area (Å²) in [5.41, 5.74) is 15.2. The van der Waals surface area contributed by atoms with Gasteiger partial charge in [0.15, 0.2) is 5.82 Å². The monoisotopic (exact) mass is 650 g/mol. The maximum Gasteiger partial charge on any atom is 0.159 e. The quantitative estimate of drug-likeness (QED) is 0.190. The lowest BCUT2D eigenvalue weighted by molar-refractivity contribution is 1.12. The van der Waals surface area contributed by atoms with Crippen LogP contribution in [0.2, 0.25) is 0 Å². The average Bonchev–Trinajstić information content (AvgIpc) is 3.85. The van der Waals surface area contributed by atoms with Crippen LogP contribution in [0.3, 0.4) is 0 Å². The fourth-order valence-electron chi connectivity index (χ4n) is 8.24. The molecule has 0 fully saturated rings. The van der Waals surface area contributed by atoms with Gasteiger partial charge in [0, 0.05) is 62.2 Å². The summed E-state index contributed by atoms with van der Waals surface area (Å²) in [7, 11) is 0. The maximum atomic E-state index is 5.09. The van der Waals surface area contributed by atoms with Crippen LogP contribution in [0, 0.1) is 0 Å². The van der Waals surface area contributed by atoms with E-state index in [0.29, 0.717) is 0 Å². The van der Waals surface area contributed by atoms with Crippen molar-refractivity contribution in [1.82, 2.24) is 19.1 Å². The molecule has 4 heteroatoms. The molecule has 7 aromatic carbocycles. The predicted molar refractivity (Wildman–Crippen MR) is 210 cm³/mol. The maximum absolute atomic E-state index is 5.09. The van der Waals surface area contributed by atoms with E-state index in [4.69, 9.17) is 9.97 Å². The van der Waals surface area contributed by atoms with Crippen LogP contribution in [0.1, 0.15) is 11.1 Å². The minimum absolute atomic E-state index is 0.749. The lowest BCUT2D eigenvalue weighted by atomic mass is 10.0. The fraction of sp³-hybridized carbons (Fsp3) is 0.0213. The first-order chi connectivity index (χ1) is 25.3. The molecule has 0 saturated heterocycles. The molecule has 238 valence electrons. The molecular weight excluding hydrogens is 621 g/mol. The van der Waals surface area contributed by atoms with Crippen LogP contribution in [0.4, 0.5) is 0 Å². The molecule has 0 unspecified atom stereocenters. The SMILES string of the molecule is c1ccc(-n2c3ccccc3c3cc(-c4ccc5c(c4)c4ccccc4n5-c4cccc(-c5ncc6c(n5)-c5ccccc5C6)c4)ccc32)cc1. The summed E-state index contributed by atoms with van der Waals surface area (Å²) in [5, 5.41) is 4.97. The van der Waals surface area contributed by atoms with Crippen LogP contribution in [-0.4, -0.2) is 19.1 Å². The third kappa shape index (κ3) is 4.26. The van der Waals surface area contributed by atoms with Crippen LogP contribution in [-0.2, 0) is 6.42 Å².